The number of rotatable bonds is 1. The van der Waals surface area contributed by atoms with Crippen molar-refractivity contribution in [1.82, 2.24) is 9.55 Å². The molecular formula is C15H17N3. The molecule has 1 aromatic carbocycles. The van der Waals surface area contributed by atoms with Crippen molar-refractivity contribution in [2.75, 3.05) is 0 Å². The first kappa shape index (κ1) is 11.3. The minimum atomic E-state index is 0.134. The SMILES string of the molecule is Cc1nc2ccccc2n1C1CCCCC1C#N. The van der Waals surface area contributed by atoms with Gasteiger partial charge in [-0.1, -0.05) is 25.0 Å². The van der Waals surface area contributed by atoms with Crippen molar-refractivity contribution < 1.29 is 0 Å². The van der Waals surface area contributed by atoms with E-state index >= 15 is 0 Å². The number of aromatic nitrogens is 2. The monoisotopic (exact) mass is 239 g/mol. The minimum absolute atomic E-state index is 0.134. The van der Waals surface area contributed by atoms with Gasteiger partial charge in [-0.3, -0.25) is 0 Å². The van der Waals surface area contributed by atoms with Gasteiger partial charge in [0.1, 0.15) is 5.82 Å². The smallest absolute Gasteiger partial charge is 0.107 e. The van der Waals surface area contributed by atoms with Gasteiger partial charge in [-0.2, -0.15) is 5.26 Å². The lowest BCUT2D eigenvalue weighted by Gasteiger charge is -2.29. The molecule has 18 heavy (non-hydrogen) atoms. The Hall–Kier alpha value is -1.82. The number of fused-ring (bicyclic) bond motifs is 1. The van der Waals surface area contributed by atoms with Gasteiger partial charge in [0.05, 0.1) is 29.1 Å². The molecule has 3 rings (SSSR count). The fourth-order valence-electron chi connectivity index (χ4n) is 3.15. The van der Waals surface area contributed by atoms with E-state index in [1.165, 1.54) is 18.4 Å². The van der Waals surface area contributed by atoms with Gasteiger partial charge in [-0.15, -0.1) is 0 Å². The van der Waals surface area contributed by atoms with Crippen molar-refractivity contribution in [3.8, 4) is 6.07 Å². The molecule has 0 saturated heterocycles. The summed E-state index contributed by atoms with van der Waals surface area (Å²) in [4.78, 5) is 4.61. The van der Waals surface area contributed by atoms with Crippen LogP contribution in [0.4, 0.5) is 0 Å². The zero-order valence-electron chi connectivity index (χ0n) is 10.6. The first-order valence-electron chi connectivity index (χ1n) is 6.64. The molecule has 1 heterocycles. The van der Waals surface area contributed by atoms with E-state index in [0.29, 0.717) is 6.04 Å². The second-order valence-electron chi connectivity index (χ2n) is 5.11. The van der Waals surface area contributed by atoms with Crippen LogP contribution in [0.3, 0.4) is 0 Å². The molecule has 0 radical (unpaired) electrons. The van der Waals surface area contributed by atoms with Crippen LogP contribution in [0.5, 0.6) is 0 Å². The van der Waals surface area contributed by atoms with Crippen molar-refractivity contribution in [1.29, 1.82) is 5.26 Å². The summed E-state index contributed by atoms with van der Waals surface area (Å²) in [5, 5.41) is 9.34. The van der Waals surface area contributed by atoms with E-state index in [0.717, 1.165) is 24.2 Å². The molecule has 1 saturated carbocycles. The zero-order chi connectivity index (χ0) is 12.5. The molecule has 3 heteroatoms. The lowest BCUT2D eigenvalue weighted by Crippen LogP contribution is -2.23. The fourth-order valence-corrected chi connectivity index (χ4v) is 3.15. The van der Waals surface area contributed by atoms with Crippen LogP contribution in [0, 0.1) is 24.2 Å². The molecule has 0 N–H and O–H groups in total. The van der Waals surface area contributed by atoms with Crippen LogP contribution in [0.25, 0.3) is 11.0 Å². The van der Waals surface area contributed by atoms with Crippen molar-refractivity contribution in [3.05, 3.63) is 30.1 Å². The van der Waals surface area contributed by atoms with Crippen LogP contribution < -0.4 is 0 Å². The largest absolute Gasteiger partial charge is 0.324 e. The van der Waals surface area contributed by atoms with E-state index in [4.69, 9.17) is 0 Å². The van der Waals surface area contributed by atoms with Crippen molar-refractivity contribution >= 4 is 11.0 Å². The Morgan fingerprint density at radius 3 is 2.89 bits per heavy atom. The van der Waals surface area contributed by atoms with Gasteiger partial charge in [0.25, 0.3) is 0 Å². The van der Waals surface area contributed by atoms with Gasteiger partial charge in [-0.05, 0) is 31.9 Å². The summed E-state index contributed by atoms with van der Waals surface area (Å²) in [7, 11) is 0. The highest BCUT2D eigenvalue weighted by atomic mass is 15.1. The standard InChI is InChI=1S/C15H17N3/c1-11-17-13-7-3-5-9-15(13)18(11)14-8-4-2-6-12(14)10-16/h3,5,7,9,12,14H,2,4,6,8H2,1H3. The van der Waals surface area contributed by atoms with E-state index in [-0.39, 0.29) is 5.92 Å². The molecule has 2 atom stereocenters. The maximum absolute atomic E-state index is 9.34. The van der Waals surface area contributed by atoms with Gasteiger partial charge >= 0.3 is 0 Å². The summed E-state index contributed by atoms with van der Waals surface area (Å²) in [6.45, 7) is 2.04. The minimum Gasteiger partial charge on any atom is -0.324 e. The Balaban J connectivity index is 2.13. The van der Waals surface area contributed by atoms with E-state index in [1.807, 2.05) is 25.1 Å². The first-order valence-corrected chi connectivity index (χ1v) is 6.64. The molecule has 1 aliphatic carbocycles. The molecule has 0 aliphatic heterocycles. The summed E-state index contributed by atoms with van der Waals surface area (Å²) in [5.41, 5.74) is 2.21. The Morgan fingerprint density at radius 1 is 1.28 bits per heavy atom. The van der Waals surface area contributed by atoms with Crippen LogP contribution in [0.2, 0.25) is 0 Å². The predicted molar refractivity (Wildman–Crippen MR) is 71.1 cm³/mol. The predicted octanol–water partition coefficient (Wildman–Crippen LogP) is 3.60. The third-order valence-corrected chi connectivity index (χ3v) is 4.00. The van der Waals surface area contributed by atoms with Crippen LogP contribution in [-0.2, 0) is 0 Å². The summed E-state index contributed by atoms with van der Waals surface area (Å²) in [5.74, 6) is 1.17. The average Bonchev–Trinajstić information content (AvgIpc) is 2.74. The van der Waals surface area contributed by atoms with Crippen molar-refractivity contribution in [3.63, 3.8) is 0 Å². The third-order valence-electron chi connectivity index (χ3n) is 4.00. The van der Waals surface area contributed by atoms with E-state index < -0.39 is 0 Å². The summed E-state index contributed by atoms with van der Waals surface area (Å²) >= 11 is 0. The van der Waals surface area contributed by atoms with Gasteiger partial charge in [0.15, 0.2) is 0 Å². The maximum atomic E-state index is 9.34. The first-order chi connectivity index (χ1) is 8.81. The number of imidazole rings is 1. The normalized spacial score (nSPS) is 24.0. The summed E-state index contributed by atoms with van der Waals surface area (Å²) in [6.07, 6.45) is 4.52. The van der Waals surface area contributed by atoms with Crippen LogP contribution >= 0.6 is 0 Å². The molecule has 0 spiro atoms. The van der Waals surface area contributed by atoms with E-state index in [1.54, 1.807) is 0 Å². The quantitative estimate of drug-likeness (QED) is 0.763. The lowest BCUT2D eigenvalue weighted by molar-refractivity contribution is 0.291. The van der Waals surface area contributed by atoms with Gasteiger partial charge in [0, 0.05) is 0 Å². The van der Waals surface area contributed by atoms with Crippen LogP contribution in [0.15, 0.2) is 24.3 Å². The molecule has 1 aliphatic rings. The molecular weight excluding hydrogens is 222 g/mol. The summed E-state index contributed by atoms with van der Waals surface area (Å²) in [6, 6.07) is 11.0. The maximum Gasteiger partial charge on any atom is 0.107 e. The van der Waals surface area contributed by atoms with Gasteiger partial charge < -0.3 is 4.57 Å². The van der Waals surface area contributed by atoms with Crippen LogP contribution in [0.1, 0.15) is 37.5 Å². The number of nitrogens with zero attached hydrogens (tertiary/aromatic N) is 3. The highest BCUT2D eigenvalue weighted by Gasteiger charge is 2.28. The fraction of sp³-hybridized carbons (Fsp3) is 0.467. The second-order valence-corrected chi connectivity index (χ2v) is 5.11. The molecule has 1 aromatic heterocycles. The Kier molecular flexibility index (Phi) is 2.79. The highest BCUT2D eigenvalue weighted by Crippen LogP contribution is 2.36. The van der Waals surface area contributed by atoms with Gasteiger partial charge in [0.2, 0.25) is 0 Å². The number of aryl methyl sites for hydroxylation is 1. The summed E-state index contributed by atoms with van der Waals surface area (Å²) < 4.78 is 2.28. The Labute approximate surface area is 107 Å². The number of nitriles is 1. The number of benzene rings is 1. The number of para-hydroxylation sites is 2. The Bertz CT molecular complexity index is 606. The van der Waals surface area contributed by atoms with Crippen LogP contribution in [-0.4, -0.2) is 9.55 Å². The zero-order valence-corrected chi connectivity index (χ0v) is 10.6. The Morgan fingerprint density at radius 2 is 2.06 bits per heavy atom. The third kappa shape index (κ3) is 1.69. The topological polar surface area (TPSA) is 41.6 Å². The molecule has 1 fully saturated rings. The lowest BCUT2D eigenvalue weighted by atomic mass is 9.85. The molecule has 0 amide bonds. The molecule has 2 unspecified atom stereocenters. The van der Waals surface area contributed by atoms with Crippen molar-refractivity contribution in [2.45, 2.75) is 38.6 Å². The molecule has 92 valence electrons. The highest BCUT2D eigenvalue weighted by molar-refractivity contribution is 5.76. The molecule has 3 nitrogen and oxygen atoms in total. The van der Waals surface area contributed by atoms with Crippen molar-refractivity contribution in [2.24, 2.45) is 5.92 Å². The average molecular weight is 239 g/mol. The van der Waals surface area contributed by atoms with E-state index in [2.05, 4.69) is 21.7 Å². The molecule has 0 bridgehead atoms. The number of hydrogen-bond donors (Lipinski definition) is 0. The van der Waals surface area contributed by atoms with E-state index in [9.17, 15) is 5.26 Å². The van der Waals surface area contributed by atoms with Gasteiger partial charge in [-0.25, -0.2) is 4.98 Å². The second kappa shape index (κ2) is 4.45. The molecule has 2 aromatic rings. The number of hydrogen-bond acceptors (Lipinski definition) is 2.